The van der Waals surface area contributed by atoms with Crippen molar-refractivity contribution in [3.63, 3.8) is 0 Å². The molecule has 1 heterocycles. The summed E-state index contributed by atoms with van der Waals surface area (Å²) in [5.41, 5.74) is 6.42. The highest BCUT2D eigenvalue weighted by Crippen LogP contribution is 2.31. The Morgan fingerprint density at radius 2 is 1.89 bits per heavy atom. The van der Waals surface area contributed by atoms with Gasteiger partial charge in [-0.25, -0.2) is 4.98 Å². The number of pyridine rings is 1. The van der Waals surface area contributed by atoms with E-state index in [9.17, 15) is 4.79 Å². The Hall–Kier alpha value is -2.02. The molecule has 0 aliphatic rings. The van der Waals surface area contributed by atoms with E-state index in [2.05, 4.69) is 10.3 Å². The van der Waals surface area contributed by atoms with Crippen molar-refractivity contribution in [3.8, 4) is 17.4 Å². The molecule has 1 amide bonds. The first-order valence-electron chi connectivity index (χ1n) is 8.46. The number of nitrogens with two attached hydrogens (primary N) is 1. The first kappa shape index (κ1) is 25.0. The van der Waals surface area contributed by atoms with Crippen LogP contribution in [0.5, 0.6) is 17.4 Å². The van der Waals surface area contributed by atoms with Crippen LogP contribution in [0.4, 0.5) is 0 Å². The van der Waals surface area contributed by atoms with Gasteiger partial charge in [0.1, 0.15) is 0 Å². The van der Waals surface area contributed by atoms with Gasteiger partial charge < -0.3 is 20.5 Å². The number of aromatic nitrogens is 1. The number of carbonyl (C=O) groups is 1. The predicted octanol–water partition coefficient (Wildman–Crippen LogP) is 3.86. The molecule has 1 aromatic carbocycles. The van der Waals surface area contributed by atoms with Gasteiger partial charge in [0.25, 0.3) is 0 Å². The Morgan fingerprint density at radius 1 is 1.19 bits per heavy atom. The number of hydrogen-bond acceptors (Lipinski definition) is 5. The molecular formula is C19H27Cl2N3O3. The third kappa shape index (κ3) is 8.47. The minimum absolute atomic E-state index is 0. The van der Waals surface area contributed by atoms with Crippen LogP contribution in [0.15, 0.2) is 42.6 Å². The second-order valence-electron chi connectivity index (χ2n) is 5.82. The van der Waals surface area contributed by atoms with E-state index < -0.39 is 0 Å². The number of nitrogens with one attached hydrogen (secondary N) is 1. The SMILES string of the molecule is CCCOc1ccccc1Oc1ncccc1CNC(=O)CC(C)N.Cl.Cl. The van der Waals surface area contributed by atoms with E-state index in [-0.39, 0.29) is 43.2 Å². The Kier molecular flexibility index (Phi) is 12.2. The van der Waals surface area contributed by atoms with Gasteiger partial charge in [-0.05, 0) is 31.5 Å². The number of amides is 1. The average Bonchev–Trinajstić information content (AvgIpc) is 2.59. The molecule has 1 atom stereocenters. The maximum absolute atomic E-state index is 11.8. The summed E-state index contributed by atoms with van der Waals surface area (Å²) < 4.78 is 11.6. The maximum Gasteiger partial charge on any atom is 0.224 e. The molecule has 0 saturated heterocycles. The molecule has 1 aromatic heterocycles. The number of carbonyl (C=O) groups excluding carboxylic acids is 1. The second-order valence-corrected chi connectivity index (χ2v) is 5.82. The van der Waals surface area contributed by atoms with E-state index in [1.54, 1.807) is 19.2 Å². The highest BCUT2D eigenvalue weighted by molar-refractivity contribution is 5.85. The Bertz CT molecular complexity index is 699. The standard InChI is InChI=1S/C19H25N3O3.2ClH/c1-3-11-24-16-8-4-5-9-17(16)25-19-15(7-6-10-21-19)13-22-18(23)12-14(2)20;;/h4-10,14H,3,11-13,20H2,1-2H3,(H,22,23);2*1H. The molecule has 0 aliphatic heterocycles. The van der Waals surface area contributed by atoms with Crippen molar-refractivity contribution < 1.29 is 14.3 Å². The Labute approximate surface area is 172 Å². The number of halogens is 2. The van der Waals surface area contributed by atoms with Crippen LogP contribution in [0.25, 0.3) is 0 Å². The number of ether oxygens (including phenoxy) is 2. The van der Waals surface area contributed by atoms with E-state index in [4.69, 9.17) is 15.2 Å². The lowest BCUT2D eigenvalue weighted by Gasteiger charge is -2.14. The number of hydrogen-bond donors (Lipinski definition) is 2. The van der Waals surface area contributed by atoms with Crippen molar-refractivity contribution in [2.75, 3.05) is 6.61 Å². The molecule has 0 bridgehead atoms. The van der Waals surface area contributed by atoms with Crippen LogP contribution in [0.3, 0.4) is 0 Å². The van der Waals surface area contributed by atoms with Gasteiger partial charge in [0.2, 0.25) is 11.8 Å². The van der Waals surface area contributed by atoms with Crippen LogP contribution in [0, 0.1) is 0 Å². The lowest BCUT2D eigenvalue weighted by Crippen LogP contribution is -2.29. The summed E-state index contributed by atoms with van der Waals surface area (Å²) in [6.07, 6.45) is 2.84. The second kappa shape index (κ2) is 13.2. The summed E-state index contributed by atoms with van der Waals surface area (Å²) >= 11 is 0. The fourth-order valence-corrected chi connectivity index (χ4v) is 2.18. The van der Waals surface area contributed by atoms with Crippen LogP contribution in [-0.4, -0.2) is 23.5 Å². The summed E-state index contributed by atoms with van der Waals surface area (Å²) in [7, 11) is 0. The van der Waals surface area contributed by atoms with Crippen LogP contribution in [-0.2, 0) is 11.3 Å². The molecule has 0 aliphatic carbocycles. The summed E-state index contributed by atoms with van der Waals surface area (Å²) in [5.74, 6) is 1.60. The van der Waals surface area contributed by atoms with E-state index in [1.807, 2.05) is 37.3 Å². The summed E-state index contributed by atoms with van der Waals surface area (Å²) in [6, 6.07) is 11.0. The first-order valence-corrected chi connectivity index (χ1v) is 8.46. The Balaban J connectivity index is 0.00000338. The molecule has 3 N–H and O–H groups in total. The number of benzene rings is 1. The minimum Gasteiger partial charge on any atom is -0.490 e. The lowest BCUT2D eigenvalue weighted by molar-refractivity contribution is -0.121. The van der Waals surface area contributed by atoms with Crippen LogP contribution < -0.4 is 20.5 Å². The molecule has 6 nitrogen and oxygen atoms in total. The number of rotatable bonds is 9. The third-order valence-electron chi connectivity index (χ3n) is 3.35. The van der Waals surface area contributed by atoms with Crippen LogP contribution in [0.1, 0.15) is 32.3 Å². The van der Waals surface area contributed by atoms with Crippen molar-refractivity contribution in [1.82, 2.24) is 10.3 Å². The molecule has 2 aromatic rings. The molecule has 0 spiro atoms. The van der Waals surface area contributed by atoms with Crippen LogP contribution >= 0.6 is 24.8 Å². The average molecular weight is 416 g/mol. The Morgan fingerprint density at radius 3 is 2.56 bits per heavy atom. The minimum atomic E-state index is -0.174. The van der Waals surface area contributed by atoms with Crippen LogP contribution in [0.2, 0.25) is 0 Å². The van der Waals surface area contributed by atoms with Gasteiger partial charge in [0.15, 0.2) is 11.5 Å². The summed E-state index contributed by atoms with van der Waals surface area (Å²) in [6.45, 7) is 4.78. The lowest BCUT2D eigenvalue weighted by atomic mass is 10.2. The van der Waals surface area contributed by atoms with Crippen molar-refractivity contribution in [1.29, 1.82) is 0 Å². The number of nitrogens with zero attached hydrogens (tertiary/aromatic N) is 1. The predicted molar refractivity (Wildman–Crippen MR) is 111 cm³/mol. The van der Waals surface area contributed by atoms with Gasteiger partial charge in [-0.3, -0.25) is 4.79 Å². The van der Waals surface area contributed by atoms with E-state index in [0.29, 0.717) is 30.5 Å². The zero-order valence-corrected chi connectivity index (χ0v) is 17.1. The van der Waals surface area contributed by atoms with Crippen molar-refractivity contribution in [3.05, 3.63) is 48.2 Å². The molecule has 2 rings (SSSR count). The van der Waals surface area contributed by atoms with E-state index >= 15 is 0 Å². The highest BCUT2D eigenvalue weighted by Gasteiger charge is 2.12. The molecule has 0 saturated carbocycles. The molecule has 0 radical (unpaired) electrons. The molecule has 1 unspecified atom stereocenters. The van der Waals surface area contributed by atoms with Gasteiger partial charge in [-0.15, -0.1) is 24.8 Å². The molecule has 27 heavy (non-hydrogen) atoms. The summed E-state index contributed by atoms with van der Waals surface area (Å²) in [5, 5.41) is 2.84. The molecule has 150 valence electrons. The van der Waals surface area contributed by atoms with Gasteiger partial charge >= 0.3 is 0 Å². The largest absolute Gasteiger partial charge is 0.490 e. The monoisotopic (exact) mass is 415 g/mol. The first-order chi connectivity index (χ1) is 12.1. The molecule has 8 heteroatoms. The summed E-state index contributed by atoms with van der Waals surface area (Å²) in [4.78, 5) is 16.1. The zero-order chi connectivity index (χ0) is 18.1. The molecule has 0 fully saturated rings. The topological polar surface area (TPSA) is 86.5 Å². The third-order valence-corrected chi connectivity index (χ3v) is 3.35. The van der Waals surface area contributed by atoms with Gasteiger partial charge in [-0.1, -0.05) is 25.1 Å². The van der Waals surface area contributed by atoms with Gasteiger partial charge in [0, 0.05) is 30.8 Å². The quantitative estimate of drug-likeness (QED) is 0.648. The highest BCUT2D eigenvalue weighted by atomic mass is 35.5. The van der Waals surface area contributed by atoms with Gasteiger partial charge in [0.05, 0.1) is 6.61 Å². The van der Waals surface area contributed by atoms with E-state index in [1.165, 1.54) is 0 Å². The van der Waals surface area contributed by atoms with Crippen molar-refractivity contribution >= 4 is 30.7 Å². The molecular weight excluding hydrogens is 389 g/mol. The fourth-order valence-electron chi connectivity index (χ4n) is 2.18. The van der Waals surface area contributed by atoms with E-state index in [0.717, 1.165) is 12.0 Å². The normalized spacial score (nSPS) is 10.8. The van der Waals surface area contributed by atoms with Crippen molar-refractivity contribution in [2.45, 2.75) is 39.3 Å². The van der Waals surface area contributed by atoms with Crippen molar-refractivity contribution in [2.24, 2.45) is 5.73 Å². The van der Waals surface area contributed by atoms with Gasteiger partial charge in [-0.2, -0.15) is 0 Å². The number of para-hydroxylation sites is 2. The maximum atomic E-state index is 11.8. The smallest absolute Gasteiger partial charge is 0.224 e. The fraction of sp³-hybridized carbons (Fsp3) is 0.368. The zero-order valence-electron chi connectivity index (χ0n) is 15.5.